The number of furan rings is 1. The molecule has 3 N–H and O–H groups in total. The van der Waals surface area contributed by atoms with Crippen LogP contribution in [0.25, 0.3) is 0 Å². The van der Waals surface area contributed by atoms with Crippen LogP contribution in [-0.4, -0.2) is 47.7 Å². The van der Waals surface area contributed by atoms with Crippen molar-refractivity contribution in [1.82, 2.24) is 15.4 Å². The third-order valence-corrected chi connectivity index (χ3v) is 5.32. The highest BCUT2D eigenvalue weighted by molar-refractivity contribution is 7.89. The van der Waals surface area contributed by atoms with Crippen LogP contribution in [-0.2, 0) is 21.4 Å². The van der Waals surface area contributed by atoms with Gasteiger partial charge in [-0.15, -0.1) is 0 Å². The van der Waals surface area contributed by atoms with Crippen molar-refractivity contribution in [3.63, 3.8) is 0 Å². The molecule has 0 aliphatic heterocycles. The Hall–Kier alpha value is -2.07. The van der Waals surface area contributed by atoms with Gasteiger partial charge in [0.05, 0.1) is 11.2 Å². The Morgan fingerprint density at radius 2 is 2.00 bits per heavy atom. The van der Waals surface area contributed by atoms with E-state index in [1.165, 1.54) is 12.1 Å². The van der Waals surface area contributed by atoms with Crippen LogP contribution in [0.4, 0.5) is 0 Å². The second kappa shape index (κ2) is 11.7. The lowest BCUT2D eigenvalue weighted by molar-refractivity contribution is 0.105. The van der Waals surface area contributed by atoms with Gasteiger partial charge in [0.25, 0.3) is 0 Å². The predicted octanol–water partition coefficient (Wildman–Crippen LogP) is 1.98. The first-order valence-electron chi connectivity index (χ1n) is 8.81. The molecule has 1 heterocycles. The lowest BCUT2D eigenvalue weighted by Crippen LogP contribution is -2.41. The van der Waals surface area contributed by atoms with Crippen LogP contribution in [0.15, 0.2) is 57.0 Å². The summed E-state index contributed by atoms with van der Waals surface area (Å²) in [5, 5.41) is 6.56. The number of ether oxygens (including phenoxy) is 1. The highest BCUT2D eigenvalue weighted by atomic mass is 35.5. The topological polar surface area (TPSA) is 105 Å². The smallest absolute Gasteiger partial charge is 0.240 e. The molecular weight excluding hydrogens is 404 g/mol. The Morgan fingerprint density at radius 1 is 1.18 bits per heavy atom. The maximum absolute atomic E-state index is 12.2. The molecule has 2 aromatic rings. The van der Waals surface area contributed by atoms with Gasteiger partial charge in [-0.2, -0.15) is 0 Å². The molecule has 154 valence electrons. The minimum Gasteiger partial charge on any atom is -0.467 e. The molecule has 0 saturated heterocycles. The zero-order valence-electron chi connectivity index (χ0n) is 15.7. The zero-order valence-corrected chi connectivity index (χ0v) is 17.2. The molecule has 1 aromatic heterocycles. The van der Waals surface area contributed by atoms with Crippen LogP contribution in [0.3, 0.4) is 0 Å². The average molecular weight is 429 g/mol. The van der Waals surface area contributed by atoms with Crippen LogP contribution in [0.2, 0.25) is 5.02 Å². The molecule has 0 saturated carbocycles. The first-order chi connectivity index (χ1) is 13.5. The van der Waals surface area contributed by atoms with Crippen molar-refractivity contribution < 1.29 is 17.6 Å². The van der Waals surface area contributed by atoms with E-state index in [1.54, 1.807) is 25.4 Å². The number of aliphatic imine (C=N–C) groups is 1. The van der Waals surface area contributed by atoms with Gasteiger partial charge in [0, 0.05) is 38.3 Å². The van der Waals surface area contributed by atoms with Crippen molar-refractivity contribution in [3.8, 4) is 0 Å². The summed E-state index contributed by atoms with van der Waals surface area (Å²) in [4.78, 5) is 4.23. The molecule has 0 amide bonds. The largest absolute Gasteiger partial charge is 0.467 e. The fourth-order valence-corrected chi connectivity index (χ4v) is 3.59. The van der Waals surface area contributed by atoms with Gasteiger partial charge in [0.15, 0.2) is 5.96 Å². The lowest BCUT2D eigenvalue weighted by Gasteiger charge is -2.12. The molecule has 0 atom stereocenters. The van der Waals surface area contributed by atoms with E-state index in [1.807, 2.05) is 12.1 Å². The average Bonchev–Trinajstić information content (AvgIpc) is 3.19. The fraction of sp³-hybridized carbons (Fsp3) is 0.389. The first-order valence-corrected chi connectivity index (χ1v) is 10.7. The molecule has 0 radical (unpaired) electrons. The van der Waals surface area contributed by atoms with Crippen molar-refractivity contribution >= 4 is 27.6 Å². The molecule has 8 nitrogen and oxygen atoms in total. The summed E-state index contributed by atoms with van der Waals surface area (Å²) in [5.74, 6) is 1.39. The van der Waals surface area contributed by atoms with E-state index >= 15 is 0 Å². The third-order valence-electron chi connectivity index (χ3n) is 3.62. The highest BCUT2D eigenvalue weighted by Crippen LogP contribution is 2.14. The fourth-order valence-electron chi connectivity index (χ4n) is 2.25. The SMILES string of the molecule is CN=C(NCCCOCc1ccco1)NCCNS(=O)(=O)c1cccc(Cl)c1. The molecule has 1 aromatic carbocycles. The summed E-state index contributed by atoms with van der Waals surface area (Å²) >= 11 is 5.84. The van der Waals surface area contributed by atoms with E-state index in [0.29, 0.717) is 37.3 Å². The molecule has 0 fully saturated rings. The lowest BCUT2D eigenvalue weighted by atomic mass is 10.4. The maximum atomic E-state index is 12.2. The standard InChI is InChI=1S/C18H25ClN4O4S/c1-20-18(21-8-4-11-26-14-16-6-3-12-27-16)22-9-10-23-28(24,25)17-7-2-5-15(19)13-17/h2-3,5-7,12-13,23H,4,8-11,14H2,1H3,(H2,20,21,22). The van der Waals surface area contributed by atoms with Gasteiger partial charge >= 0.3 is 0 Å². The van der Waals surface area contributed by atoms with Crippen LogP contribution in [0, 0.1) is 0 Å². The normalized spacial score (nSPS) is 12.1. The maximum Gasteiger partial charge on any atom is 0.240 e. The van der Waals surface area contributed by atoms with E-state index in [4.69, 9.17) is 20.8 Å². The van der Waals surface area contributed by atoms with Gasteiger partial charge < -0.3 is 19.8 Å². The van der Waals surface area contributed by atoms with Gasteiger partial charge in [-0.25, -0.2) is 13.1 Å². The van der Waals surface area contributed by atoms with Crippen molar-refractivity contribution in [2.75, 3.05) is 33.3 Å². The summed E-state index contributed by atoms with van der Waals surface area (Å²) in [6.07, 6.45) is 2.41. The van der Waals surface area contributed by atoms with E-state index in [2.05, 4.69) is 20.3 Å². The Balaban J connectivity index is 1.59. The van der Waals surface area contributed by atoms with Gasteiger partial charge in [0.2, 0.25) is 10.0 Å². The van der Waals surface area contributed by atoms with Crippen LogP contribution in [0.5, 0.6) is 0 Å². The Kier molecular flexibility index (Phi) is 9.29. The molecule has 0 unspecified atom stereocenters. The molecule has 28 heavy (non-hydrogen) atoms. The van der Waals surface area contributed by atoms with E-state index in [-0.39, 0.29) is 11.4 Å². The van der Waals surface area contributed by atoms with E-state index in [9.17, 15) is 8.42 Å². The number of nitrogens with zero attached hydrogens (tertiary/aromatic N) is 1. The number of nitrogens with one attached hydrogen (secondary N) is 3. The number of rotatable bonds is 11. The zero-order chi connectivity index (χ0) is 20.2. The van der Waals surface area contributed by atoms with Gasteiger partial charge in [0.1, 0.15) is 12.4 Å². The molecular formula is C18H25ClN4O4S. The van der Waals surface area contributed by atoms with Crippen LogP contribution < -0.4 is 15.4 Å². The second-order valence-electron chi connectivity index (χ2n) is 5.77. The number of guanidine groups is 1. The number of benzene rings is 1. The molecule has 0 bridgehead atoms. The number of halogens is 1. The van der Waals surface area contributed by atoms with Gasteiger partial charge in [-0.05, 0) is 36.8 Å². The summed E-state index contributed by atoms with van der Waals surface area (Å²) < 4.78 is 37.6. The first kappa shape index (κ1) is 22.2. The highest BCUT2D eigenvalue weighted by Gasteiger charge is 2.13. The molecule has 2 rings (SSSR count). The summed E-state index contributed by atoms with van der Waals surface area (Å²) in [6, 6.07) is 9.82. The van der Waals surface area contributed by atoms with Crippen LogP contribution >= 0.6 is 11.6 Å². The Morgan fingerprint density at radius 3 is 2.71 bits per heavy atom. The summed E-state index contributed by atoms with van der Waals surface area (Å²) in [7, 11) is -1.94. The van der Waals surface area contributed by atoms with E-state index in [0.717, 1.165) is 12.2 Å². The Bertz CT molecular complexity index is 841. The second-order valence-corrected chi connectivity index (χ2v) is 7.97. The van der Waals surface area contributed by atoms with Crippen molar-refractivity contribution in [2.45, 2.75) is 17.9 Å². The molecule has 10 heteroatoms. The monoisotopic (exact) mass is 428 g/mol. The predicted molar refractivity (Wildman–Crippen MR) is 109 cm³/mol. The number of hydrogen-bond donors (Lipinski definition) is 3. The summed E-state index contributed by atoms with van der Waals surface area (Å²) in [6.45, 7) is 2.30. The van der Waals surface area contributed by atoms with Crippen molar-refractivity contribution in [2.24, 2.45) is 4.99 Å². The molecule has 0 aliphatic carbocycles. The molecule has 0 spiro atoms. The van der Waals surface area contributed by atoms with Crippen molar-refractivity contribution in [1.29, 1.82) is 0 Å². The number of sulfonamides is 1. The molecule has 0 aliphatic rings. The van der Waals surface area contributed by atoms with Gasteiger partial charge in [-0.1, -0.05) is 17.7 Å². The minimum atomic E-state index is -3.59. The van der Waals surface area contributed by atoms with Crippen LogP contribution in [0.1, 0.15) is 12.2 Å². The summed E-state index contributed by atoms with van der Waals surface area (Å²) in [5.41, 5.74) is 0. The quantitative estimate of drug-likeness (QED) is 0.287. The van der Waals surface area contributed by atoms with Crippen molar-refractivity contribution in [3.05, 3.63) is 53.4 Å². The minimum absolute atomic E-state index is 0.136. The Labute approximate surface area is 170 Å². The number of hydrogen-bond acceptors (Lipinski definition) is 5. The van der Waals surface area contributed by atoms with E-state index < -0.39 is 10.0 Å². The third kappa shape index (κ3) is 7.89. The van der Waals surface area contributed by atoms with Gasteiger partial charge in [-0.3, -0.25) is 4.99 Å².